The molecule has 0 radical (unpaired) electrons. The molecule has 4 rings (SSSR count). The molecule has 0 bridgehead atoms. The first kappa shape index (κ1) is 21.5. The third-order valence-corrected chi connectivity index (χ3v) is 6.05. The van der Waals surface area contributed by atoms with Crippen LogP contribution in [0.5, 0.6) is 0 Å². The van der Waals surface area contributed by atoms with Crippen LogP contribution in [0.2, 0.25) is 0 Å². The molecule has 1 atom stereocenters. The average Bonchev–Trinajstić information content (AvgIpc) is 2.96. The number of benzene rings is 2. The number of fused-ring (bicyclic) bond motifs is 3. The molecule has 0 saturated heterocycles. The van der Waals surface area contributed by atoms with E-state index in [1.807, 2.05) is 0 Å². The molecule has 1 aliphatic rings. The second kappa shape index (κ2) is 7.54. The van der Waals surface area contributed by atoms with Crippen LogP contribution in [0.4, 0.5) is 22.6 Å². The fraction of sp³-hybridized carbons (Fsp3) is 0.158. The van der Waals surface area contributed by atoms with Crippen LogP contribution in [0, 0.1) is 5.82 Å². The van der Waals surface area contributed by atoms with Crippen molar-refractivity contribution in [3.63, 3.8) is 0 Å². The number of nitrogens with one attached hydrogen (secondary N) is 1. The Hall–Kier alpha value is -1.25. The molecular weight excluding hydrogens is 425 g/mol. The zero-order valence-electron chi connectivity index (χ0n) is 14.7. The molecule has 9 heteroatoms. The smallest absolute Gasteiger partial charge is 0.871 e. The van der Waals surface area contributed by atoms with Crippen LogP contribution in [0.15, 0.2) is 41.4 Å². The Labute approximate surface area is 189 Å². The van der Waals surface area contributed by atoms with Crippen molar-refractivity contribution in [3.8, 4) is 11.1 Å². The largest absolute Gasteiger partial charge is 1.00 e. The van der Waals surface area contributed by atoms with Gasteiger partial charge in [0.2, 0.25) is 0 Å². The minimum absolute atomic E-state index is 0. The van der Waals surface area contributed by atoms with Crippen molar-refractivity contribution in [1.29, 1.82) is 0 Å². The van der Waals surface area contributed by atoms with Crippen molar-refractivity contribution in [2.75, 3.05) is 5.32 Å². The SMILES string of the molecule is CC1Nc2sc3cc(-c4cc(C(F)(F)F)ccc4F)ccc3c2C([O-])=C1Cl.[Na+]. The Bertz CT molecular complexity index is 1110. The number of thiophene rings is 1. The number of alkyl halides is 3. The van der Waals surface area contributed by atoms with E-state index in [-0.39, 0.29) is 52.0 Å². The van der Waals surface area contributed by atoms with Crippen molar-refractivity contribution in [2.45, 2.75) is 19.1 Å². The van der Waals surface area contributed by atoms with Gasteiger partial charge < -0.3 is 10.4 Å². The molecule has 1 aromatic heterocycles. The predicted molar refractivity (Wildman–Crippen MR) is 98.1 cm³/mol. The summed E-state index contributed by atoms with van der Waals surface area (Å²) in [5.41, 5.74) is -0.318. The van der Waals surface area contributed by atoms with E-state index >= 15 is 0 Å². The summed E-state index contributed by atoms with van der Waals surface area (Å²) in [6, 6.07) is 6.70. The maximum atomic E-state index is 14.2. The fourth-order valence-corrected chi connectivity index (χ4v) is 4.47. The summed E-state index contributed by atoms with van der Waals surface area (Å²) in [6.45, 7) is 1.76. The Balaban J connectivity index is 0.00000225. The van der Waals surface area contributed by atoms with Gasteiger partial charge in [0.25, 0.3) is 0 Å². The van der Waals surface area contributed by atoms with Gasteiger partial charge in [-0.25, -0.2) is 4.39 Å². The third-order valence-electron chi connectivity index (χ3n) is 4.47. The van der Waals surface area contributed by atoms with Crippen molar-refractivity contribution in [1.82, 2.24) is 0 Å². The van der Waals surface area contributed by atoms with Crippen LogP contribution in [-0.4, -0.2) is 6.04 Å². The van der Waals surface area contributed by atoms with Crippen molar-refractivity contribution in [2.24, 2.45) is 0 Å². The minimum Gasteiger partial charge on any atom is -0.871 e. The van der Waals surface area contributed by atoms with E-state index in [1.165, 1.54) is 17.4 Å². The molecule has 0 saturated carbocycles. The molecule has 1 N–H and O–H groups in total. The molecule has 2 heterocycles. The van der Waals surface area contributed by atoms with Crippen molar-refractivity contribution in [3.05, 3.63) is 58.4 Å². The maximum absolute atomic E-state index is 14.2. The van der Waals surface area contributed by atoms with Crippen LogP contribution in [0.3, 0.4) is 0 Å². The number of hydrogen-bond donors (Lipinski definition) is 1. The van der Waals surface area contributed by atoms with E-state index in [0.29, 0.717) is 32.3 Å². The summed E-state index contributed by atoms with van der Waals surface area (Å²) in [5.74, 6) is -1.02. The number of hydrogen-bond acceptors (Lipinski definition) is 3. The van der Waals surface area contributed by atoms with Crippen LogP contribution in [0.1, 0.15) is 18.1 Å². The first-order chi connectivity index (χ1) is 12.7. The first-order valence-electron chi connectivity index (χ1n) is 7.94. The topological polar surface area (TPSA) is 35.1 Å². The Morgan fingerprint density at radius 2 is 1.86 bits per heavy atom. The van der Waals surface area contributed by atoms with E-state index < -0.39 is 17.6 Å². The van der Waals surface area contributed by atoms with Gasteiger partial charge in [-0.05, 0) is 36.8 Å². The summed E-state index contributed by atoms with van der Waals surface area (Å²) in [6.07, 6.45) is -4.56. The molecule has 140 valence electrons. The van der Waals surface area contributed by atoms with Crippen LogP contribution >= 0.6 is 22.9 Å². The molecule has 0 aliphatic carbocycles. The zero-order chi connectivity index (χ0) is 19.5. The molecule has 1 aliphatic heterocycles. The van der Waals surface area contributed by atoms with Gasteiger partial charge in [0.15, 0.2) is 0 Å². The van der Waals surface area contributed by atoms with E-state index in [4.69, 9.17) is 11.6 Å². The predicted octanol–water partition coefficient (Wildman–Crippen LogP) is 2.81. The Kier molecular flexibility index (Phi) is 5.78. The summed E-state index contributed by atoms with van der Waals surface area (Å²) in [4.78, 5) is 0. The molecule has 3 aromatic rings. The molecule has 2 nitrogen and oxygen atoms in total. The minimum atomic E-state index is -4.56. The number of rotatable bonds is 1. The molecule has 0 amide bonds. The average molecular weight is 436 g/mol. The summed E-state index contributed by atoms with van der Waals surface area (Å²) < 4.78 is 53.7. The first-order valence-corrected chi connectivity index (χ1v) is 9.13. The van der Waals surface area contributed by atoms with E-state index in [2.05, 4.69) is 5.32 Å². The Morgan fingerprint density at radius 3 is 2.54 bits per heavy atom. The van der Waals surface area contributed by atoms with Gasteiger partial charge in [-0.1, -0.05) is 29.5 Å². The molecule has 28 heavy (non-hydrogen) atoms. The molecule has 2 aromatic carbocycles. The summed E-state index contributed by atoms with van der Waals surface area (Å²) in [5, 5.41) is 17.1. The van der Waals surface area contributed by atoms with Gasteiger partial charge in [-0.3, -0.25) is 0 Å². The fourth-order valence-electron chi connectivity index (χ4n) is 3.09. The molecule has 0 fully saturated rings. The van der Waals surface area contributed by atoms with Gasteiger partial charge >= 0.3 is 35.7 Å². The third kappa shape index (κ3) is 3.55. The maximum Gasteiger partial charge on any atom is 1.00 e. The Morgan fingerprint density at radius 1 is 1.14 bits per heavy atom. The van der Waals surface area contributed by atoms with Crippen LogP contribution in [0.25, 0.3) is 27.0 Å². The molecule has 1 unspecified atom stereocenters. The van der Waals surface area contributed by atoms with Gasteiger partial charge in [0, 0.05) is 26.2 Å². The summed E-state index contributed by atoms with van der Waals surface area (Å²) >= 11 is 7.35. The van der Waals surface area contributed by atoms with Gasteiger partial charge in [-0.15, -0.1) is 11.3 Å². The van der Waals surface area contributed by atoms with Crippen LogP contribution < -0.4 is 40.0 Å². The standard InChI is InChI=1S/C19H12ClF4NOS.Na/c1-8-16(20)17(26)15-11-4-2-9(6-14(11)27-18(15)25-8)12-7-10(19(22,23)24)3-5-13(12)21;/h2-8,25-26H,1H3;/q;+1/p-1. The summed E-state index contributed by atoms with van der Waals surface area (Å²) in [7, 11) is 0. The monoisotopic (exact) mass is 435 g/mol. The quantitative estimate of drug-likeness (QED) is 0.471. The van der Waals surface area contributed by atoms with Crippen molar-refractivity contribution < 1.29 is 52.2 Å². The van der Waals surface area contributed by atoms with Gasteiger partial charge in [-0.2, -0.15) is 13.2 Å². The van der Waals surface area contributed by atoms with Crippen molar-refractivity contribution >= 4 is 43.8 Å². The zero-order valence-corrected chi connectivity index (χ0v) is 18.3. The van der Waals surface area contributed by atoms with E-state index in [0.717, 1.165) is 12.1 Å². The number of anilines is 1. The van der Waals surface area contributed by atoms with E-state index in [1.54, 1.807) is 19.1 Å². The normalized spacial score (nSPS) is 16.6. The second-order valence-electron chi connectivity index (χ2n) is 6.25. The second-order valence-corrected chi connectivity index (χ2v) is 7.71. The van der Waals surface area contributed by atoms with E-state index in [9.17, 15) is 22.7 Å². The van der Waals surface area contributed by atoms with Gasteiger partial charge in [0.05, 0.1) is 16.6 Å². The number of halogens is 5. The van der Waals surface area contributed by atoms with Crippen LogP contribution in [-0.2, 0) is 6.18 Å². The molecule has 0 spiro atoms. The van der Waals surface area contributed by atoms with Gasteiger partial charge in [0.1, 0.15) is 5.82 Å². The molecular formula is C19H11ClF4NNaOS.